The van der Waals surface area contributed by atoms with Crippen LogP contribution >= 0.6 is 11.8 Å². The van der Waals surface area contributed by atoms with E-state index in [9.17, 15) is 14.4 Å². The molecule has 0 aliphatic carbocycles. The van der Waals surface area contributed by atoms with E-state index in [-0.39, 0.29) is 29.9 Å². The molecule has 29 heavy (non-hydrogen) atoms. The number of thioether (sulfide) groups is 1. The van der Waals surface area contributed by atoms with Gasteiger partial charge in [0.05, 0.1) is 16.5 Å². The van der Waals surface area contributed by atoms with E-state index >= 15 is 0 Å². The monoisotopic (exact) mass is 410 g/mol. The molecule has 1 aliphatic heterocycles. The summed E-state index contributed by atoms with van der Waals surface area (Å²) in [6.07, 6.45) is 1.50. The molecule has 1 saturated heterocycles. The van der Waals surface area contributed by atoms with Crippen LogP contribution in [0.25, 0.3) is 10.8 Å². The third-order valence-corrected chi connectivity index (χ3v) is 5.90. The number of anilines is 1. The summed E-state index contributed by atoms with van der Waals surface area (Å²) in [6, 6.07) is 13.8. The molecule has 2 aromatic rings. The first-order valence-corrected chi connectivity index (χ1v) is 10.7. The highest BCUT2D eigenvalue weighted by atomic mass is 32.2. The van der Waals surface area contributed by atoms with Gasteiger partial charge >= 0.3 is 0 Å². The van der Waals surface area contributed by atoms with E-state index in [1.807, 2.05) is 70.2 Å². The number of fused-ring (bicyclic) bond motifs is 1. The van der Waals surface area contributed by atoms with Crippen LogP contribution in [0.15, 0.2) is 53.6 Å². The summed E-state index contributed by atoms with van der Waals surface area (Å²) in [6.45, 7) is 7.84. The van der Waals surface area contributed by atoms with Crippen LogP contribution in [0.2, 0.25) is 0 Å². The fourth-order valence-corrected chi connectivity index (χ4v) is 4.11. The van der Waals surface area contributed by atoms with Crippen LogP contribution in [0.4, 0.5) is 5.69 Å². The van der Waals surface area contributed by atoms with Gasteiger partial charge in [-0.3, -0.25) is 19.3 Å². The number of likely N-dealkylation sites (N-methyl/N-ethyl adjacent to an activating group) is 1. The highest BCUT2D eigenvalue weighted by Crippen LogP contribution is 2.32. The summed E-state index contributed by atoms with van der Waals surface area (Å²) in [5.41, 5.74) is 0.291. The van der Waals surface area contributed by atoms with Gasteiger partial charge in [0.2, 0.25) is 11.8 Å². The number of hydrogen-bond donors (Lipinski definition) is 0. The molecule has 0 N–H and O–H groups in total. The Labute approximate surface area is 175 Å². The average Bonchev–Trinajstić information content (AvgIpc) is 3.01. The van der Waals surface area contributed by atoms with Crippen LogP contribution in [0.3, 0.4) is 0 Å². The van der Waals surface area contributed by atoms with E-state index in [0.717, 1.165) is 16.5 Å². The molecule has 0 radical (unpaired) electrons. The van der Waals surface area contributed by atoms with Crippen LogP contribution in [0.1, 0.15) is 27.7 Å². The SMILES string of the molecule is CCN(C(=O)CN1C(=O)CS/C1=C\C(=O)C(C)(C)C)c1cccc2ccccc12. The molecule has 3 rings (SSSR count). The number of amides is 2. The minimum Gasteiger partial charge on any atom is -0.311 e. The Morgan fingerprint density at radius 2 is 1.83 bits per heavy atom. The summed E-state index contributed by atoms with van der Waals surface area (Å²) in [5, 5.41) is 2.60. The van der Waals surface area contributed by atoms with Gasteiger partial charge in [-0.15, -0.1) is 0 Å². The van der Waals surface area contributed by atoms with Crippen molar-refractivity contribution in [1.82, 2.24) is 4.90 Å². The van der Waals surface area contributed by atoms with E-state index in [1.54, 1.807) is 4.90 Å². The maximum Gasteiger partial charge on any atom is 0.247 e. The largest absolute Gasteiger partial charge is 0.311 e. The Kier molecular flexibility index (Phi) is 6.13. The van der Waals surface area contributed by atoms with E-state index < -0.39 is 5.41 Å². The predicted molar refractivity (Wildman–Crippen MR) is 119 cm³/mol. The molecule has 0 saturated carbocycles. The Morgan fingerprint density at radius 1 is 1.14 bits per heavy atom. The standard InChI is InChI=1S/C23H26N2O3S/c1-5-24(18-12-8-10-16-9-6-7-11-17(16)18)20(27)14-25-21(28)15-29-22(25)13-19(26)23(2,3)4/h6-13H,5,14-15H2,1-4H3/b22-13-. The minimum absolute atomic E-state index is 0.0615. The second-order valence-corrected chi connectivity index (χ2v) is 9.00. The lowest BCUT2D eigenvalue weighted by atomic mass is 9.91. The maximum atomic E-state index is 13.2. The van der Waals surface area contributed by atoms with Crippen molar-refractivity contribution in [1.29, 1.82) is 0 Å². The quantitative estimate of drug-likeness (QED) is 0.693. The maximum absolute atomic E-state index is 13.2. The molecule has 1 heterocycles. The zero-order valence-electron chi connectivity index (χ0n) is 17.3. The van der Waals surface area contributed by atoms with Crippen molar-refractivity contribution >= 4 is 45.8 Å². The molecule has 6 heteroatoms. The van der Waals surface area contributed by atoms with Crippen molar-refractivity contribution < 1.29 is 14.4 Å². The average molecular weight is 411 g/mol. The zero-order valence-corrected chi connectivity index (χ0v) is 18.1. The van der Waals surface area contributed by atoms with Gasteiger partial charge in [0, 0.05) is 23.4 Å². The Hall–Kier alpha value is -2.60. The fourth-order valence-electron chi connectivity index (χ4n) is 3.17. The number of nitrogens with zero attached hydrogens (tertiary/aromatic N) is 2. The highest BCUT2D eigenvalue weighted by molar-refractivity contribution is 8.04. The van der Waals surface area contributed by atoms with E-state index in [4.69, 9.17) is 0 Å². The lowest BCUT2D eigenvalue weighted by Gasteiger charge is -2.26. The summed E-state index contributed by atoms with van der Waals surface area (Å²) < 4.78 is 0. The van der Waals surface area contributed by atoms with Crippen molar-refractivity contribution in [3.8, 4) is 0 Å². The Morgan fingerprint density at radius 3 is 2.52 bits per heavy atom. The van der Waals surface area contributed by atoms with Gasteiger partial charge in [0.1, 0.15) is 6.54 Å². The van der Waals surface area contributed by atoms with Crippen molar-refractivity contribution in [2.75, 3.05) is 23.7 Å². The predicted octanol–water partition coefficient (Wildman–Crippen LogP) is 4.22. The van der Waals surface area contributed by atoms with Crippen molar-refractivity contribution in [3.63, 3.8) is 0 Å². The van der Waals surface area contributed by atoms with Gasteiger partial charge in [-0.05, 0) is 18.4 Å². The second-order valence-electron chi connectivity index (χ2n) is 8.00. The van der Waals surface area contributed by atoms with Gasteiger partial charge in [-0.25, -0.2) is 0 Å². The van der Waals surface area contributed by atoms with Crippen molar-refractivity contribution in [3.05, 3.63) is 53.6 Å². The summed E-state index contributed by atoms with van der Waals surface area (Å²) in [7, 11) is 0. The molecule has 1 aliphatic rings. The molecular weight excluding hydrogens is 384 g/mol. The summed E-state index contributed by atoms with van der Waals surface area (Å²) >= 11 is 1.31. The van der Waals surface area contributed by atoms with Crippen LogP contribution < -0.4 is 4.90 Å². The number of carbonyl (C=O) groups excluding carboxylic acids is 3. The van der Waals surface area contributed by atoms with Crippen LogP contribution in [-0.4, -0.2) is 41.3 Å². The molecule has 1 fully saturated rings. The van der Waals surface area contributed by atoms with Crippen molar-refractivity contribution in [2.24, 2.45) is 5.41 Å². The lowest BCUT2D eigenvalue weighted by Crippen LogP contribution is -2.41. The molecule has 152 valence electrons. The van der Waals surface area contributed by atoms with Crippen LogP contribution in [0, 0.1) is 5.41 Å². The minimum atomic E-state index is -0.534. The van der Waals surface area contributed by atoms with Crippen LogP contribution in [0.5, 0.6) is 0 Å². The number of hydrogen-bond acceptors (Lipinski definition) is 4. The van der Waals surface area contributed by atoms with E-state index in [0.29, 0.717) is 11.6 Å². The summed E-state index contributed by atoms with van der Waals surface area (Å²) in [5.74, 6) is -0.135. The van der Waals surface area contributed by atoms with Gasteiger partial charge in [0.25, 0.3) is 0 Å². The molecule has 0 aromatic heterocycles. The first kappa shape index (κ1) is 21.1. The van der Waals surface area contributed by atoms with Gasteiger partial charge < -0.3 is 4.90 Å². The zero-order chi connectivity index (χ0) is 21.2. The highest BCUT2D eigenvalue weighted by Gasteiger charge is 2.32. The van der Waals surface area contributed by atoms with Gasteiger partial charge in [-0.1, -0.05) is 68.9 Å². The molecular formula is C23H26N2O3S. The molecule has 0 atom stereocenters. The van der Waals surface area contributed by atoms with Crippen LogP contribution in [-0.2, 0) is 14.4 Å². The molecule has 0 unspecified atom stereocenters. The molecule has 2 amide bonds. The molecule has 0 bridgehead atoms. The third kappa shape index (κ3) is 4.53. The van der Waals surface area contributed by atoms with Gasteiger partial charge in [-0.2, -0.15) is 0 Å². The molecule has 5 nitrogen and oxygen atoms in total. The number of allylic oxidation sites excluding steroid dienone is 1. The second kappa shape index (κ2) is 8.41. The number of ketones is 1. The normalized spacial score (nSPS) is 15.9. The molecule has 2 aromatic carbocycles. The number of rotatable bonds is 5. The van der Waals surface area contributed by atoms with Crippen molar-refractivity contribution in [2.45, 2.75) is 27.7 Å². The first-order valence-electron chi connectivity index (χ1n) is 9.69. The topological polar surface area (TPSA) is 57.7 Å². The number of carbonyl (C=O) groups is 3. The smallest absolute Gasteiger partial charge is 0.247 e. The fraction of sp³-hybridized carbons (Fsp3) is 0.348. The Bertz CT molecular complexity index is 986. The first-order chi connectivity index (χ1) is 13.7. The van der Waals surface area contributed by atoms with E-state index in [2.05, 4.69) is 0 Å². The van der Waals surface area contributed by atoms with E-state index in [1.165, 1.54) is 22.7 Å². The third-order valence-electron chi connectivity index (χ3n) is 4.87. The molecule has 0 spiro atoms. The number of benzene rings is 2. The lowest BCUT2D eigenvalue weighted by molar-refractivity contribution is -0.130. The Balaban J connectivity index is 1.87. The van der Waals surface area contributed by atoms with Gasteiger partial charge in [0.15, 0.2) is 5.78 Å². The summed E-state index contributed by atoms with van der Waals surface area (Å²) in [4.78, 5) is 41.1.